The van der Waals surface area contributed by atoms with Gasteiger partial charge in [-0.25, -0.2) is 5.10 Å². The Kier molecular flexibility index (Phi) is 5.13. The van der Waals surface area contributed by atoms with Crippen LogP contribution < -0.4 is 4.74 Å². The van der Waals surface area contributed by atoms with Gasteiger partial charge in [-0.1, -0.05) is 29.8 Å². The lowest BCUT2D eigenvalue weighted by Gasteiger charge is -2.06. The molecule has 1 N–H and O–H groups in total. The van der Waals surface area contributed by atoms with Gasteiger partial charge < -0.3 is 4.74 Å². The van der Waals surface area contributed by atoms with Gasteiger partial charge in [0.25, 0.3) is 0 Å². The monoisotopic (exact) mass is 422 g/mol. The summed E-state index contributed by atoms with van der Waals surface area (Å²) in [4.78, 5) is 0. The van der Waals surface area contributed by atoms with Crippen molar-refractivity contribution in [2.45, 2.75) is 0 Å². The molecule has 0 fully saturated rings. The van der Waals surface area contributed by atoms with E-state index < -0.39 is 0 Å². The zero-order valence-corrected chi connectivity index (χ0v) is 15.7. The van der Waals surface area contributed by atoms with Crippen LogP contribution in [0.25, 0.3) is 11.4 Å². The van der Waals surface area contributed by atoms with Crippen LogP contribution in [0.1, 0.15) is 5.56 Å². The number of benzene rings is 2. The van der Waals surface area contributed by atoms with E-state index in [0.29, 0.717) is 15.6 Å². The van der Waals surface area contributed by atoms with Crippen LogP contribution in [-0.4, -0.2) is 28.2 Å². The van der Waals surface area contributed by atoms with E-state index in [4.69, 9.17) is 28.6 Å². The van der Waals surface area contributed by atoms with Crippen LogP contribution >= 0.6 is 39.7 Å². The summed E-state index contributed by atoms with van der Waals surface area (Å²) in [6.45, 7) is 0. The topological polar surface area (TPSA) is 55.2 Å². The van der Waals surface area contributed by atoms with Gasteiger partial charge in [0.2, 0.25) is 4.77 Å². The van der Waals surface area contributed by atoms with E-state index in [2.05, 4.69) is 31.2 Å². The summed E-state index contributed by atoms with van der Waals surface area (Å²) in [6.07, 6.45) is 1.65. The Bertz CT molecular complexity index is 967. The second kappa shape index (κ2) is 7.29. The molecule has 0 bridgehead atoms. The highest BCUT2D eigenvalue weighted by Crippen LogP contribution is 2.30. The maximum Gasteiger partial charge on any atom is 0.216 e. The Labute approximate surface area is 157 Å². The lowest BCUT2D eigenvalue weighted by molar-refractivity contribution is 0.414. The molecule has 3 rings (SSSR count). The SMILES string of the molecule is COc1ccc(-c2n[nH]c(=S)n2/N=C/c2ccccc2Cl)c(Br)c1. The molecular weight excluding hydrogens is 412 g/mol. The fourth-order valence-electron chi connectivity index (χ4n) is 2.08. The van der Waals surface area contributed by atoms with Gasteiger partial charge in [-0.3, -0.25) is 0 Å². The number of hydrogen-bond donors (Lipinski definition) is 1. The molecule has 24 heavy (non-hydrogen) atoms. The third kappa shape index (κ3) is 3.43. The van der Waals surface area contributed by atoms with Gasteiger partial charge in [-0.05, 0) is 52.4 Å². The molecule has 0 atom stereocenters. The van der Waals surface area contributed by atoms with Gasteiger partial charge in [-0.2, -0.15) is 14.9 Å². The average Bonchev–Trinajstić information content (AvgIpc) is 2.94. The molecule has 0 aliphatic heterocycles. The first-order valence-electron chi connectivity index (χ1n) is 6.90. The fraction of sp³-hybridized carbons (Fsp3) is 0.0625. The van der Waals surface area contributed by atoms with E-state index in [9.17, 15) is 0 Å². The van der Waals surface area contributed by atoms with Crippen molar-refractivity contribution >= 4 is 46.0 Å². The molecule has 2 aromatic carbocycles. The number of hydrogen-bond acceptors (Lipinski definition) is 4. The quantitative estimate of drug-likeness (QED) is 0.479. The maximum absolute atomic E-state index is 6.15. The lowest BCUT2D eigenvalue weighted by Crippen LogP contribution is -1.96. The molecule has 0 radical (unpaired) electrons. The summed E-state index contributed by atoms with van der Waals surface area (Å²) in [6, 6.07) is 13.0. The molecule has 5 nitrogen and oxygen atoms in total. The van der Waals surface area contributed by atoms with E-state index in [1.165, 1.54) is 0 Å². The van der Waals surface area contributed by atoms with Crippen LogP contribution in [0, 0.1) is 4.77 Å². The van der Waals surface area contributed by atoms with Crippen molar-refractivity contribution in [2.75, 3.05) is 7.11 Å². The Hall–Kier alpha value is -1.96. The Balaban J connectivity index is 2.04. The lowest BCUT2D eigenvalue weighted by atomic mass is 10.2. The van der Waals surface area contributed by atoms with Gasteiger partial charge in [0.05, 0.1) is 13.3 Å². The number of ether oxygens (including phenoxy) is 1. The van der Waals surface area contributed by atoms with Crippen molar-refractivity contribution in [1.29, 1.82) is 0 Å². The molecule has 8 heteroatoms. The van der Waals surface area contributed by atoms with Crippen molar-refractivity contribution in [3.63, 3.8) is 0 Å². The predicted octanol–water partition coefficient (Wildman–Crippen LogP) is 4.91. The van der Waals surface area contributed by atoms with Gasteiger partial charge in [-0.15, -0.1) is 0 Å². The summed E-state index contributed by atoms with van der Waals surface area (Å²) < 4.78 is 7.97. The number of halogens is 2. The van der Waals surface area contributed by atoms with Crippen LogP contribution in [-0.2, 0) is 0 Å². The average molecular weight is 424 g/mol. The smallest absolute Gasteiger partial charge is 0.216 e. The molecule has 0 aliphatic carbocycles. The first-order chi connectivity index (χ1) is 11.6. The second-order valence-electron chi connectivity index (χ2n) is 4.78. The number of nitrogens with zero attached hydrogens (tertiary/aromatic N) is 3. The van der Waals surface area contributed by atoms with Crippen molar-refractivity contribution in [1.82, 2.24) is 14.9 Å². The van der Waals surface area contributed by atoms with E-state index >= 15 is 0 Å². The van der Waals surface area contributed by atoms with Gasteiger partial charge in [0.1, 0.15) is 5.75 Å². The fourth-order valence-corrected chi connectivity index (χ4v) is 2.98. The molecule has 0 spiro atoms. The number of nitrogens with one attached hydrogen (secondary N) is 1. The standard InChI is InChI=1S/C16H12BrClN4OS/c1-23-11-6-7-12(13(17)8-11)15-20-21-16(24)22(15)19-9-10-4-2-3-5-14(10)18/h2-9H,1H3,(H,21,24)/b19-9+. The van der Waals surface area contributed by atoms with Crippen LogP contribution in [0.15, 0.2) is 52.0 Å². The highest BCUT2D eigenvalue weighted by atomic mass is 79.9. The minimum absolute atomic E-state index is 0.385. The largest absolute Gasteiger partial charge is 0.497 e. The molecule has 0 amide bonds. The summed E-state index contributed by atoms with van der Waals surface area (Å²) in [7, 11) is 1.62. The minimum Gasteiger partial charge on any atom is -0.497 e. The van der Waals surface area contributed by atoms with E-state index in [1.807, 2.05) is 36.4 Å². The second-order valence-corrected chi connectivity index (χ2v) is 6.42. The Morgan fingerprint density at radius 2 is 2.12 bits per heavy atom. The molecular formula is C16H12BrClN4OS. The first kappa shape index (κ1) is 16.9. The van der Waals surface area contributed by atoms with Crippen molar-refractivity contribution in [3.8, 4) is 17.1 Å². The van der Waals surface area contributed by atoms with Crippen LogP contribution in [0.4, 0.5) is 0 Å². The van der Waals surface area contributed by atoms with Crippen LogP contribution in [0.5, 0.6) is 5.75 Å². The van der Waals surface area contributed by atoms with E-state index in [1.54, 1.807) is 24.1 Å². The number of aromatic nitrogens is 3. The Morgan fingerprint density at radius 3 is 2.83 bits per heavy atom. The van der Waals surface area contributed by atoms with Gasteiger partial charge >= 0.3 is 0 Å². The molecule has 122 valence electrons. The van der Waals surface area contributed by atoms with Crippen molar-refractivity contribution in [3.05, 3.63) is 62.3 Å². The summed E-state index contributed by atoms with van der Waals surface area (Å²) in [5, 5.41) is 12.1. The molecule has 0 aliphatic rings. The molecule has 0 unspecified atom stereocenters. The summed E-state index contributed by atoms with van der Waals surface area (Å²) in [5.74, 6) is 1.32. The summed E-state index contributed by atoms with van der Waals surface area (Å²) in [5.41, 5.74) is 1.63. The number of H-pyrrole nitrogens is 1. The summed E-state index contributed by atoms with van der Waals surface area (Å²) >= 11 is 14.9. The molecule has 0 saturated carbocycles. The van der Waals surface area contributed by atoms with Gasteiger partial charge in [0.15, 0.2) is 5.82 Å². The van der Waals surface area contributed by atoms with Gasteiger partial charge in [0, 0.05) is 20.6 Å². The van der Waals surface area contributed by atoms with Crippen molar-refractivity contribution in [2.24, 2.45) is 5.10 Å². The zero-order chi connectivity index (χ0) is 17.1. The van der Waals surface area contributed by atoms with Crippen LogP contribution in [0.2, 0.25) is 5.02 Å². The molecule has 1 aromatic heterocycles. The highest BCUT2D eigenvalue weighted by Gasteiger charge is 2.12. The third-order valence-electron chi connectivity index (χ3n) is 3.29. The predicted molar refractivity (Wildman–Crippen MR) is 102 cm³/mol. The number of methoxy groups -OCH3 is 1. The molecule has 1 heterocycles. The zero-order valence-electron chi connectivity index (χ0n) is 12.5. The Morgan fingerprint density at radius 1 is 1.33 bits per heavy atom. The maximum atomic E-state index is 6.15. The molecule has 3 aromatic rings. The number of rotatable bonds is 4. The highest BCUT2D eigenvalue weighted by molar-refractivity contribution is 9.10. The molecule has 0 saturated heterocycles. The van der Waals surface area contributed by atoms with E-state index in [0.717, 1.165) is 21.3 Å². The third-order valence-corrected chi connectivity index (χ3v) is 4.55. The first-order valence-corrected chi connectivity index (χ1v) is 8.48. The van der Waals surface area contributed by atoms with Crippen LogP contribution in [0.3, 0.4) is 0 Å². The van der Waals surface area contributed by atoms with E-state index in [-0.39, 0.29) is 0 Å². The van der Waals surface area contributed by atoms with Crippen molar-refractivity contribution < 1.29 is 4.74 Å². The number of aromatic amines is 1. The minimum atomic E-state index is 0.385. The normalized spacial score (nSPS) is 11.1.